The molecule has 0 heterocycles. The van der Waals surface area contributed by atoms with Gasteiger partial charge in [0.1, 0.15) is 9.84 Å². The van der Waals surface area contributed by atoms with Gasteiger partial charge in [0.25, 0.3) is 0 Å². The van der Waals surface area contributed by atoms with Gasteiger partial charge in [-0.1, -0.05) is 6.07 Å². The number of rotatable bonds is 6. The summed E-state index contributed by atoms with van der Waals surface area (Å²) < 4.78 is 32.7. The third-order valence-electron chi connectivity index (χ3n) is 2.29. The van der Waals surface area contributed by atoms with E-state index in [-0.39, 0.29) is 5.75 Å². The van der Waals surface area contributed by atoms with Crippen LogP contribution in [0.5, 0.6) is 11.5 Å². The van der Waals surface area contributed by atoms with Crippen LogP contribution in [-0.2, 0) is 16.3 Å². The van der Waals surface area contributed by atoms with Crippen molar-refractivity contribution in [2.45, 2.75) is 13.3 Å². The number of ether oxygens (including phenoxy) is 2. The molecule has 0 aliphatic heterocycles. The number of methoxy groups -OCH3 is 1. The fourth-order valence-corrected chi connectivity index (χ4v) is 2.05. The highest BCUT2D eigenvalue weighted by molar-refractivity contribution is 7.90. The van der Waals surface area contributed by atoms with E-state index in [1.54, 1.807) is 13.2 Å². The number of hydrogen-bond donors (Lipinski definition) is 0. The first-order valence-corrected chi connectivity index (χ1v) is 7.49. The van der Waals surface area contributed by atoms with Gasteiger partial charge < -0.3 is 9.47 Å². The molecule has 96 valence electrons. The molecule has 0 saturated carbocycles. The van der Waals surface area contributed by atoms with Crippen molar-refractivity contribution >= 4 is 9.84 Å². The van der Waals surface area contributed by atoms with Gasteiger partial charge >= 0.3 is 0 Å². The van der Waals surface area contributed by atoms with E-state index in [0.717, 1.165) is 5.56 Å². The van der Waals surface area contributed by atoms with Gasteiger partial charge in [0.05, 0.1) is 19.5 Å². The molecular formula is C12H18O4S. The molecule has 0 fully saturated rings. The van der Waals surface area contributed by atoms with Crippen LogP contribution in [0.4, 0.5) is 0 Å². The van der Waals surface area contributed by atoms with Crippen molar-refractivity contribution in [2.24, 2.45) is 0 Å². The summed E-state index contributed by atoms with van der Waals surface area (Å²) in [7, 11) is -1.36. The van der Waals surface area contributed by atoms with Crippen molar-refractivity contribution in [1.82, 2.24) is 0 Å². The molecule has 1 rings (SSSR count). The summed E-state index contributed by atoms with van der Waals surface area (Å²) in [5.41, 5.74) is 0.930. The molecule has 0 aromatic heterocycles. The van der Waals surface area contributed by atoms with Gasteiger partial charge in [-0.15, -0.1) is 0 Å². The van der Waals surface area contributed by atoms with Crippen LogP contribution in [-0.4, -0.2) is 34.1 Å². The van der Waals surface area contributed by atoms with Gasteiger partial charge in [-0.3, -0.25) is 0 Å². The zero-order valence-corrected chi connectivity index (χ0v) is 11.2. The Morgan fingerprint density at radius 3 is 2.47 bits per heavy atom. The van der Waals surface area contributed by atoms with Crippen molar-refractivity contribution in [3.05, 3.63) is 23.8 Å². The minimum Gasteiger partial charge on any atom is -0.493 e. The lowest BCUT2D eigenvalue weighted by Crippen LogP contribution is -2.06. The molecule has 0 bridgehead atoms. The Kier molecular flexibility index (Phi) is 4.81. The maximum atomic E-state index is 11.1. The highest BCUT2D eigenvalue weighted by atomic mass is 32.2. The zero-order chi connectivity index (χ0) is 12.9. The number of hydrogen-bond acceptors (Lipinski definition) is 4. The Morgan fingerprint density at radius 2 is 1.94 bits per heavy atom. The molecule has 17 heavy (non-hydrogen) atoms. The molecule has 0 aliphatic rings. The number of sulfone groups is 1. The van der Waals surface area contributed by atoms with E-state index in [9.17, 15) is 8.42 Å². The van der Waals surface area contributed by atoms with Crippen LogP contribution in [0.15, 0.2) is 18.2 Å². The average Bonchev–Trinajstić information content (AvgIpc) is 2.26. The molecule has 0 aliphatic carbocycles. The van der Waals surface area contributed by atoms with Gasteiger partial charge in [-0.05, 0) is 31.0 Å². The van der Waals surface area contributed by atoms with E-state index < -0.39 is 9.84 Å². The summed E-state index contributed by atoms with van der Waals surface area (Å²) in [4.78, 5) is 0. The molecule has 0 spiro atoms. The van der Waals surface area contributed by atoms with E-state index in [2.05, 4.69) is 0 Å². The topological polar surface area (TPSA) is 52.6 Å². The third kappa shape index (κ3) is 4.65. The van der Waals surface area contributed by atoms with Crippen LogP contribution in [0.2, 0.25) is 0 Å². The summed E-state index contributed by atoms with van der Waals surface area (Å²) in [6, 6.07) is 5.47. The lowest BCUT2D eigenvalue weighted by Gasteiger charge is -2.10. The fraction of sp³-hybridized carbons (Fsp3) is 0.500. The van der Waals surface area contributed by atoms with E-state index in [1.807, 2.05) is 19.1 Å². The number of aryl methyl sites for hydroxylation is 1. The predicted molar refractivity (Wildman–Crippen MR) is 67.6 cm³/mol. The first-order valence-electron chi connectivity index (χ1n) is 5.43. The third-order valence-corrected chi connectivity index (χ3v) is 3.24. The Bertz CT molecular complexity index is 465. The predicted octanol–water partition coefficient (Wildman–Crippen LogP) is 1.68. The standard InChI is InChI=1S/C12H18O4S/c1-4-16-12-9-10(5-6-11(12)15-2)7-8-17(3,13)14/h5-6,9H,4,7-8H2,1-3H3. The average molecular weight is 258 g/mol. The molecule has 4 nitrogen and oxygen atoms in total. The lowest BCUT2D eigenvalue weighted by atomic mass is 10.1. The summed E-state index contributed by atoms with van der Waals surface area (Å²) >= 11 is 0. The monoisotopic (exact) mass is 258 g/mol. The molecule has 1 aromatic rings. The van der Waals surface area contributed by atoms with Crippen molar-refractivity contribution < 1.29 is 17.9 Å². The zero-order valence-electron chi connectivity index (χ0n) is 10.4. The van der Waals surface area contributed by atoms with Crippen molar-refractivity contribution in [3.63, 3.8) is 0 Å². The van der Waals surface area contributed by atoms with E-state index >= 15 is 0 Å². The second kappa shape index (κ2) is 5.91. The molecule has 1 aromatic carbocycles. The van der Waals surface area contributed by atoms with Crippen LogP contribution in [0.25, 0.3) is 0 Å². The lowest BCUT2D eigenvalue weighted by molar-refractivity contribution is 0.310. The minimum absolute atomic E-state index is 0.144. The van der Waals surface area contributed by atoms with Gasteiger partial charge in [-0.25, -0.2) is 8.42 Å². The molecule has 0 amide bonds. The summed E-state index contributed by atoms with van der Waals surface area (Å²) in [5, 5.41) is 0. The summed E-state index contributed by atoms with van der Waals surface area (Å²) in [6.45, 7) is 2.44. The molecule has 0 N–H and O–H groups in total. The van der Waals surface area contributed by atoms with Crippen molar-refractivity contribution in [1.29, 1.82) is 0 Å². The molecule has 0 saturated heterocycles. The second-order valence-corrected chi connectivity index (χ2v) is 6.06. The number of benzene rings is 1. The van der Waals surface area contributed by atoms with E-state index in [1.165, 1.54) is 6.26 Å². The highest BCUT2D eigenvalue weighted by Crippen LogP contribution is 2.28. The van der Waals surface area contributed by atoms with Crippen LogP contribution in [0, 0.1) is 0 Å². The minimum atomic E-state index is -2.94. The molecule has 0 unspecified atom stereocenters. The van der Waals surface area contributed by atoms with E-state index in [0.29, 0.717) is 24.5 Å². The molecular weight excluding hydrogens is 240 g/mol. The molecule has 0 atom stereocenters. The van der Waals surface area contributed by atoms with Crippen LogP contribution in [0.1, 0.15) is 12.5 Å². The highest BCUT2D eigenvalue weighted by Gasteiger charge is 2.07. The van der Waals surface area contributed by atoms with E-state index in [4.69, 9.17) is 9.47 Å². The van der Waals surface area contributed by atoms with Gasteiger partial charge in [0.2, 0.25) is 0 Å². The quantitative estimate of drug-likeness (QED) is 0.779. The second-order valence-electron chi connectivity index (χ2n) is 3.80. The Hall–Kier alpha value is -1.23. The Balaban J connectivity index is 2.84. The SMILES string of the molecule is CCOc1cc(CCS(C)(=O)=O)ccc1OC. The van der Waals surface area contributed by atoms with Crippen LogP contribution < -0.4 is 9.47 Å². The summed E-state index contributed by atoms with van der Waals surface area (Å²) in [5.74, 6) is 1.46. The maximum absolute atomic E-state index is 11.1. The van der Waals surface area contributed by atoms with Crippen molar-refractivity contribution in [3.8, 4) is 11.5 Å². The molecule has 5 heteroatoms. The normalized spacial score (nSPS) is 11.2. The van der Waals surface area contributed by atoms with Crippen LogP contribution >= 0.6 is 0 Å². The van der Waals surface area contributed by atoms with Gasteiger partial charge in [-0.2, -0.15) is 0 Å². The Labute approximate surface area is 102 Å². The van der Waals surface area contributed by atoms with Crippen molar-refractivity contribution in [2.75, 3.05) is 25.7 Å². The smallest absolute Gasteiger partial charge is 0.161 e. The molecule has 0 radical (unpaired) electrons. The first kappa shape index (κ1) is 13.8. The van der Waals surface area contributed by atoms with Gasteiger partial charge in [0.15, 0.2) is 11.5 Å². The Morgan fingerprint density at radius 1 is 1.24 bits per heavy atom. The van der Waals surface area contributed by atoms with Gasteiger partial charge in [0, 0.05) is 6.26 Å². The van der Waals surface area contributed by atoms with Crippen LogP contribution in [0.3, 0.4) is 0 Å². The first-order chi connectivity index (χ1) is 7.96. The fourth-order valence-electron chi connectivity index (χ4n) is 1.45. The maximum Gasteiger partial charge on any atom is 0.161 e. The largest absolute Gasteiger partial charge is 0.493 e. The summed E-state index contributed by atoms with van der Waals surface area (Å²) in [6.07, 6.45) is 1.73.